The van der Waals surface area contributed by atoms with E-state index in [4.69, 9.17) is 11.6 Å². The quantitative estimate of drug-likeness (QED) is 0.132. The van der Waals surface area contributed by atoms with Crippen molar-refractivity contribution in [3.05, 3.63) is 112 Å². The number of hydrogen-bond acceptors (Lipinski definition) is 2. The second-order valence-corrected chi connectivity index (χ2v) is 11.4. The number of aryl methyl sites for hydroxylation is 1. The van der Waals surface area contributed by atoms with Gasteiger partial charge in [0.05, 0.1) is 0 Å². The Hall–Kier alpha value is -3.54. The highest BCUT2D eigenvalue weighted by atomic mass is 35.5. The molecule has 2 aromatic rings. The van der Waals surface area contributed by atoms with Crippen LogP contribution in [0.1, 0.15) is 133 Å². The minimum Gasteiger partial charge on any atom is -0.372 e. The average molecular weight is 676 g/mol. The van der Waals surface area contributed by atoms with Gasteiger partial charge in [0.15, 0.2) is 0 Å². The molecule has 268 valence electrons. The molecule has 0 radical (unpaired) electrons. The summed E-state index contributed by atoms with van der Waals surface area (Å²) in [5, 5.41) is 0.712. The Morgan fingerprint density at radius 2 is 1.29 bits per heavy atom. The van der Waals surface area contributed by atoms with Gasteiger partial charge in [-0.1, -0.05) is 128 Å². The third kappa shape index (κ3) is 22.9. The largest absolute Gasteiger partial charge is 0.372 e. The fourth-order valence-electron chi connectivity index (χ4n) is 3.87. The number of hydrogen-bond donors (Lipinski definition) is 0. The van der Waals surface area contributed by atoms with Crippen LogP contribution in [0, 0.1) is 19.8 Å². The molecule has 0 bridgehead atoms. The van der Waals surface area contributed by atoms with Crippen LogP contribution in [0.4, 0.5) is 5.69 Å². The van der Waals surface area contributed by atoms with Crippen LogP contribution in [0.15, 0.2) is 95.7 Å². The predicted molar refractivity (Wildman–Crippen MR) is 228 cm³/mol. The van der Waals surface area contributed by atoms with Gasteiger partial charge < -0.3 is 4.90 Å². The van der Waals surface area contributed by atoms with Crippen LogP contribution in [0.2, 0.25) is 5.02 Å². The van der Waals surface area contributed by atoms with E-state index in [0.717, 1.165) is 52.2 Å². The lowest BCUT2D eigenvalue weighted by molar-refractivity contribution is 0.745. The van der Waals surface area contributed by atoms with Gasteiger partial charge in [0, 0.05) is 41.3 Å². The third-order valence-electron chi connectivity index (χ3n) is 6.25. The number of benzene rings is 2. The van der Waals surface area contributed by atoms with E-state index in [0.29, 0.717) is 5.02 Å². The van der Waals surface area contributed by atoms with Crippen LogP contribution in [-0.4, -0.2) is 18.8 Å². The summed E-state index contributed by atoms with van der Waals surface area (Å²) < 4.78 is 0. The number of aliphatic imine (C=N–C) groups is 1. The van der Waals surface area contributed by atoms with Gasteiger partial charge in [0.1, 0.15) is 0 Å². The lowest BCUT2D eigenvalue weighted by Crippen LogP contribution is -2.24. The Morgan fingerprint density at radius 1 is 0.812 bits per heavy atom. The van der Waals surface area contributed by atoms with Crippen molar-refractivity contribution < 1.29 is 0 Å². The molecule has 0 unspecified atom stereocenters. The summed E-state index contributed by atoms with van der Waals surface area (Å²) in [5.74, 6) is 0. The fourth-order valence-corrected chi connectivity index (χ4v) is 4.15. The summed E-state index contributed by atoms with van der Waals surface area (Å²) in [6.45, 7) is 41.3. The number of rotatable bonds is 11. The second-order valence-electron chi connectivity index (χ2n) is 11.0. The number of halogens is 1. The summed E-state index contributed by atoms with van der Waals surface area (Å²) >= 11 is 6.58. The predicted octanol–water partition coefficient (Wildman–Crippen LogP) is 15.0. The molecule has 0 N–H and O–H groups in total. The summed E-state index contributed by atoms with van der Waals surface area (Å²) in [4.78, 5) is 6.86. The van der Waals surface area contributed by atoms with Crippen LogP contribution >= 0.6 is 11.6 Å². The van der Waals surface area contributed by atoms with E-state index in [9.17, 15) is 0 Å². The van der Waals surface area contributed by atoms with Crippen molar-refractivity contribution in [1.82, 2.24) is 0 Å². The van der Waals surface area contributed by atoms with Gasteiger partial charge >= 0.3 is 0 Å². The van der Waals surface area contributed by atoms with Crippen molar-refractivity contribution in [3.8, 4) is 12.8 Å². The van der Waals surface area contributed by atoms with Crippen LogP contribution in [-0.2, 0) is 0 Å². The SMILES string of the molecule is C#C.C=C(C)C(=C\N=C(C)C)/C=C(\C(=C)C)c1ccc(/C(C)=C/C)cc1Cl.CC.CC.CCC.CCCN(CCC)c1ccc(C)cc1. The Bertz CT molecular complexity index is 1270. The van der Waals surface area contributed by atoms with Gasteiger partial charge in [-0.25, -0.2) is 0 Å². The zero-order chi connectivity index (χ0) is 38.2. The molecule has 48 heavy (non-hydrogen) atoms. The van der Waals surface area contributed by atoms with Crippen molar-refractivity contribution in [2.75, 3.05) is 18.0 Å². The number of terminal acetylenes is 1. The highest BCUT2D eigenvalue weighted by molar-refractivity contribution is 6.32. The molecule has 2 aromatic carbocycles. The lowest BCUT2D eigenvalue weighted by Gasteiger charge is -2.23. The number of anilines is 1. The first-order valence-electron chi connectivity index (χ1n) is 17.7. The molecule has 0 aromatic heterocycles. The summed E-state index contributed by atoms with van der Waals surface area (Å²) in [7, 11) is 0. The fraction of sp³-hybridized carbons (Fsp3) is 0.444. The van der Waals surface area contributed by atoms with Gasteiger partial charge in [0.25, 0.3) is 0 Å². The van der Waals surface area contributed by atoms with Gasteiger partial charge in [-0.15, -0.1) is 12.8 Å². The Kier molecular flexibility index (Phi) is 35.7. The molecule has 0 saturated heterocycles. The van der Waals surface area contributed by atoms with Crippen molar-refractivity contribution in [3.63, 3.8) is 0 Å². The summed E-state index contributed by atoms with van der Waals surface area (Å²) in [6, 6.07) is 15.0. The Morgan fingerprint density at radius 3 is 1.65 bits per heavy atom. The third-order valence-corrected chi connectivity index (χ3v) is 6.56. The minimum atomic E-state index is 0.712. The van der Waals surface area contributed by atoms with E-state index >= 15 is 0 Å². The minimum absolute atomic E-state index is 0.712. The molecule has 2 nitrogen and oxygen atoms in total. The molecule has 0 heterocycles. The van der Waals surface area contributed by atoms with Gasteiger partial charge in [-0.3, -0.25) is 4.99 Å². The number of allylic oxidation sites excluding steroid dienone is 7. The van der Waals surface area contributed by atoms with E-state index in [1.807, 2.05) is 74.6 Å². The normalized spacial score (nSPS) is 10.3. The maximum absolute atomic E-state index is 6.58. The monoisotopic (exact) mass is 675 g/mol. The average Bonchev–Trinajstić information content (AvgIpc) is 3.08. The van der Waals surface area contributed by atoms with Crippen LogP contribution < -0.4 is 4.90 Å². The highest BCUT2D eigenvalue weighted by Gasteiger charge is 2.10. The van der Waals surface area contributed by atoms with E-state index in [1.54, 1.807) is 0 Å². The topological polar surface area (TPSA) is 15.6 Å². The van der Waals surface area contributed by atoms with E-state index in [2.05, 4.69) is 126 Å². The lowest BCUT2D eigenvalue weighted by atomic mass is 9.94. The second kappa shape index (κ2) is 33.4. The molecule has 0 aliphatic heterocycles. The molecule has 0 atom stereocenters. The smallest absolute Gasteiger partial charge is 0.0490 e. The molecular weight excluding hydrogens is 604 g/mol. The maximum Gasteiger partial charge on any atom is 0.0490 e. The Labute approximate surface area is 304 Å². The molecular formula is C45H71ClN2. The Balaban J connectivity index is -0.000000354. The first kappa shape index (κ1) is 51.3. The van der Waals surface area contributed by atoms with Crippen LogP contribution in [0.5, 0.6) is 0 Å². The number of nitrogens with zero attached hydrogens (tertiary/aromatic N) is 2. The molecule has 0 spiro atoms. The van der Waals surface area contributed by atoms with Crippen molar-refractivity contribution in [2.45, 2.75) is 123 Å². The highest BCUT2D eigenvalue weighted by Crippen LogP contribution is 2.32. The van der Waals surface area contributed by atoms with E-state index < -0.39 is 0 Å². The van der Waals surface area contributed by atoms with Gasteiger partial charge in [-0.2, -0.15) is 0 Å². The molecule has 0 saturated carbocycles. The molecule has 0 amide bonds. The van der Waals surface area contributed by atoms with Gasteiger partial charge in [-0.05, 0) is 113 Å². The first-order chi connectivity index (χ1) is 22.9. The summed E-state index contributed by atoms with van der Waals surface area (Å²) in [5.41, 5.74) is 10.8. The molecule has 0 fully saturated rings. The standard InChI is InChI=1S/C23H28ClN.C13H21N.C3H8.2C2H6.C2H2/c1-9-18(8)19-10-11-21(23(24)13-19)22(16(4)5)12-20(15(2)3)14-25-17(6)7;1-4-10-14(11-5-2)13-8-6-12(3)7-9-13;1-3-2;3*1-2/h9-14H,2,4H2,1,3,5-8H3;6-9H,4-5,10-11H2,1-3H3;3H2,1-2H3;2*1-2H3;1-2H/b18-9+,20-14-,22-12+;;;;;. The zero-order valence-corrected chi connectivity index (χ0v) is 34.4. The zero-order valence-electron chi connectivity index (χ0n) is 33.7. The molecule has 0 aliphatic carbocycles. The van der Waals surface area contributed by atoms with Crippen LogP contribution in [0.3, 0.4) is 0 Å². The summed E-state index contributed by atoms with van der Waals surface area (Å²) in [6.07, 6.45) is 17.7. The molecule has 2 rings (SSSR count). The molecule has 3 heteroatoms. The van der Waals surface area contributed by atoms with Gasteiger partial charge in [0.2, 0.25) is 0 Å². The van der Waals surface area contributed by atoms with Crippen molar-refractivity contribution >= 4 is 34.1 Å². The van der Waals surface area contributed by atoms with E-state index in [1.165, 1.54) is 36.1 Å². The maximum atomic E-state index is 6.58. The first-order valence-corrected chi connectivity index (χ1v) is 18.1. The van der Waals surface area contributed by atoms with E-state index in [-0.39, 0.29) is 0 Å². The molecule has 0 aliphatic rings. The van der Waals surface area contributed by atoms with Crippen molar-refractivity contribution in [2.24, 2.45) is 4.99 Å². The van der Waals surface area contributed by atoms with Crippen LogP contribution in [0.25, 0.3) is 11.1 Å². The van der Waals surface area contributed by atoms with Crippen molar-refractivity contribution in [1.29, 1.82) is 0 Å².